The zero-order valence-corrected chi connectivity index (χ0v) is 13.8. The first kappa shape index (κ1) is 15.8. The minimum atomic E-state index is -3.57. The number of aromatic nitrogens is 1. The third-order valence-electron chi connectivity index (χ3n) is 3.88. The summed E-state index contributed by atoms with van der Waals surface area (Å²) in [6.45, 7) is 3.87. The molecule has 1 aromatic heterocycles. The number of nitrogens with zero attached hydrogens (tertiary/aromatic N) is 3. The van der Waals surface area contributed by atoms with Crippen LogP contribution >= 0.6 is 0 Å². The number of piperazine rings is 1. The molecule has 3 rings (SSSR count). The molecule has 0 spiro atoms. The highest BCUT2D eigenvalue weighted by Gasteiger charge is 2.16. The summed E-state index contributed by atoms with van der Waals surface area (Å²) in [7, 11) is -1.47. The minimum absolute atomic E-state index is 0.239. The lowest BCUT2D eigenvalue weighted by molar-refractivity contribution is 0.312. The normalized spacial score (nSPS) is 16.3. The molecule has 0 saturated carbocycles. The monoisotopic (exact) mass is 332 g/mol. The van der Waals surface area contributed by atoms with Crippen molar-refractivity contribution in [3.8, 4) is 0 Å². The van der Waals surface area contributed by atoms with Gasteiger partial charge in [-0.3, -0.25) is 4.72 Å². The standard InChI is InChI=1S/C16H20N4O2S/c1-19-9-11-20(12-10-19)16-8-7-14(13-17-16)18-23(21,22)15-5-3-2-4-6-15/h2-8,13,18H,9-12H2,1H3. The van der Waals surface area contributed by atoms with Crippen molar-refractivity contribution >= 4 is 21.5 Å². The molecule has 122 valence electrons. The van der Waals surface area contributed by atoms with Crippen LogP contribution in [0.2, 0.25) is 0 Å². The smallest absolute Gasteiger partial charge is 0.261 e. The van der Waals surface area contributed by atoms with Crippen molar-refractivity contribution in [1.82, 2.24) is 9.88 Å². The zero-order chi connectivity index (χ0) is 16.3. The van der Waals surface area contributed by atoms with E-state index in [4.69, 9.17) is 0 Å². The third-order valence-corrected chi connectivity index (χ3v) is 5.28. The number of rotatable bonds is 4. The summed E-state index contributed by atoms with van der Waals surface area (Å²) >= 11 is 0. The van der Waals surface area contributed by atoms with E-state index in [2.05, 4.69) is 26.6 Å². The number of sulfonamides is 1. The molecule has 2 aromatic rings. The predicted octanol–water partition coefficient (Wildman–Crippen LogP) is 1.63. The van der Waals surface area contributed by atoms with Gasteiger partial charge < -0.3 is 9.80 Å². The quantitative estimate of drug-likeness (QED) is 0.922. The van der Waals surface area contributed by atoms with Crippen LogP contribution in [0.3, 0.4) is 0 Å². The lowest BCUT2D eigenvalue weighted by Gasteiger charge is -2.33. The topological polar surface area (TPSA) is 65.5 Å². The molecule has 1 saturated heterocycles. The van der Waals surface area contributed by atoms with Crippen molar-refractivity contribution in [2.75, 3.05) is 42.8 Å². The van der Waals surface area contributed by atoms with E-state index < -0.39 is 10.0 Å². The first-order valence-electron chi connectivity index (χ1n) is 7.52. The van der Waals surface area contributed by atoms with Crippen LogP contribution in [0.1, 0.15) is 0 Å². The molecular weight excluding hydrogens is 312 g/mol. The van der Waals surface area contributed by atoms with Crippen molar-refractivity contribution in [3.63, 3.8) is 0 Å². The van der Waals surface area contributed by atoms with Crippen LogP contribution in [0, 0.1) is 0 Å². The van der Waals surface area contributed by atoms with Gasteiger partial charge in [-0.2, -0.15) is 0 Å². The average molecular weight is 332 g/mol. The van der Waals surface area contributed by atoms with Crippen LogP contribution in [-0.2, 0) is 10.0 Å². The van der Waals surface area contributed by atoms with Gasteiger partial charge in [-0.05, 0) is 31.3 Å². The summed E-state index contributed by atoms with van der Waals surface area (Å²) in [5, 5.41) is 0. The Bertz CT molecular complexity index is 739. The van der Waals surface area contributed by atoms with Crippen LogP contribution in [-0.4, -0.2) is 51.5 Å². The van der Waals surface area contributed by atoms with Gasteiger partial charge >= 0.3 is 0 Å². The number of hydrogen-bond acceptors (Lipinski definition) is 5. The van der Waals surface area contributed by atoms with Gasteiger partial charge in [-0.25, -0.2) is 13.4 Å². The molecule has 7 heteroatoms. The Morgan fingerprint density at radius 3 is 2.30 bits per heavy atom. The third kappa shape index (κ3) is 3.80. The second-order valence-electron chi connectivity index (χ2n) is 5.61. The molecule has 1 aliphatic rings. The molecule has 0 unspecified atom stereocenters. The highest BCUT2D eigenvalue weighted by molar-refractivity contribution is 7.92. The molecule has 1 fully saturated rings. The van der Waals surface area contributed by atoms with Crippen molar-refractivity contribution in [2.24, 2.45) is 0 Å². The number of benzene rings is 1. The highest BCUT2D eigenvalue weighted by Crippen LogP contribution is 2.18. The van der Waals surface area contributed by atoms with Crippen LogP contribution < -0.4 is 9.62 Å². The summed E-state index contributed by atoms with van der Waals surface area (Å²) in [6.07, 6.45) is 1.56. The molecule has 0 aliphatic carbocycles. The Balaban J connectivity index is 1.70. The van der Waals surface area contributed by atoms with Gasteiger partial charge in [0.2, 0.25) is 0 Å². The zero-order valence-electron chi connectivity index (χ0n) is 13.0. The van der Waals surface area contributed by atoms with E-state index in [1.807, 2.05) is 6.07 Å². The van der Waals surface area contributed by atoms with Crippen LogP contribution in [0.5, 0.6) is 0 Å². The van der Waals surface area contributed by atoms with Crippen LogP contribution in [0.25, 0.3) is 0 Å². The molecule has 0 radical (unpaired) electrons. The van der Waals surface area contributed by atoms with Crippen LogP contribution in [0.4, 0.5) is 11.5 Å². The van der Waals surface area contributed by atoms with Crippen LogP contribution in [0.15, 0.2) is 53.6 Å². The molecule has 6 nitrogen and oxygen atoms in total. The Hall–Kier alpha value is -2.12. The van der Waals surface area contributed by atoms with Gasteiger partial charge in [0.05, 0.1) is 16.8 Å². The van der Waals surface area contributed by atoms with Gasteiger partial charge in [0.25, 0.3) is 10.0 Å². The van der Waals surface area contributed by atoms with Gasteiger partial charge in [0.15, 0.2) is 0 Å². The summed E-state index contributed by atoms with van der Waals surface area (Å²) in [5.41, 5.74) is 0.465. The van der Waals surface area contributed by atoms with E-state index >= 15 is 0 Å². The maximum absolute atomic E-state index is 12.3. The first-order valence-corrected chi connectivity index (χ1v) is 9.00. The fourth-order valence-corrected chi connectivity index (χ4v) is 3.55. The molecule has 1 N–H and O–H groups in total. The fraction of sp³-hybridized carbons (Fsp3) is 0.312. The van der Waals surface area contributed by atoms with E-state index in [0.717, 1.165) is 32.0 Å². The predicted molar refractivity (Wildman–Crippen MR) is 91.2 cm³/mol. The Morgan fingerprint density at radius 1 is 1.00 bits per heavy atom. The number of hydrogen-bond donors (Lipinski definition) is 1. The van der Waals surface area contributed by atoms with Gasteiger partial charge in [-0.1, -0.05) is 18.2 Å². The first-order chi connectivity index (χ1) is 11.0. The van der Waals surface area contributed by atoms with Crippen molar-refractivity contribution in [2.45, 2.75) is 4.90 Å². The number of anilines is 2. The van der Waals surface area contributed by atoms with Crippen molar-refractivity contribution in [3.05, 3.63) is 48.7 Å². The lowest BCUT2D eigenvalue weighted by atomic mass is 10.3. The lowest BCUT2D eigenvalue weighted by Crippen LogP contribution is -2.44. The van der Waals surface area contributed by atoms with Gasteiger partial charge in [0.1, 0.15) is 5.82 Å². The molecule has 0 amide bonds. The number of likely N-dealkylation sites (N-methyl/N-ethyl adjacent to an activating group) is 1. The van der Waals surface area contributed by atoms with Gasteiger partial charge in [0, 0.05) is 26.2 Å². The molecule has 1 aliphatic heterocycles. The van der Waals surface area contributed by atoms with E-state index in [9.17, 15) is 8.42 Å². The molecule has 0 atom stereocenters. The van der Waals surface area contributed by atoms with E-state index in [1.54, 1.807) is 42.6 Å². The average Bonchev–Trinajstić information content (AvgIpc) is 2.57. The molecule has 2 heterocycles. The maximum atomic E-state index is 12.3. The second kappa shape index (κ2) is 6.55. The fourth-order valence-electron chi connectivity index (χ4n) is 2.48. The maximum Gasteiger partial charge on any atom is 0.261 e. The minimum Gasteiger partial charge on any atom is -0.354 e. The molecule has 23 heavy (non-hydrogen) atoms. The Morgan fingerprint density at radius 2 is 1.70 bits per heavy atom. The number of nitrogens with one attached hydrogen (secondary N) is 1. The van der Waals surface area contributed by atoms with E-state index in [-0.39, 0.29) is 4.90 Å². The summed E-state index contributed by atoms with van der Waals surface area (Å²) in [6, 6.07) is 11.9. The Labute approximate surface area is 136 Å². The van der Waals surface area contributed by atoms with Crippen molar-refractivity contribution in [1.29, 1.82) is 0 Å². The second-order valence-corrected chi connectivity index (χ2v) is 7.30. The summed E-state index contributed by atoms with van der Waals surface area (Å²) in [5.74, 6) is 0.876. The molecular formula is C16H20N4O2S. The van der Waals surface area contributed by atoms with Crippen molar-refractivity contribution < 1.29 is 8.42 Å². The summed E-state index contributed by atoms with van der Waals surface area (Å²) < 4.78 is 27.1. The molecule has 0 bridgehead atoms. The SMILES string of the molecule is CN1CCN(c2ccc(NS(=O)(=O)c3ccccc3)cn2)CC1. The largest absolute Gasteiger partial charge is 0.354 e. The van der Waals surface area contributed by atoms with E-state index in [1.165, 1.54) is 0 Å². The molecule has 1 aromatic carbocycles. The Kier molecular flexibility index (Phi) is 4.49. The van der Waals surface area contributed by atoms with Gasteiger partial charge in [-0.15, -0.1) is 0 Å². The van der Waals surface area contributed by atoms with E-state index in [0.29, 0.717) is 5.69 Å². The summed E-state index contributed by atoms with van der Waals surface area (Å²) in [4.78, 5) is 9.11. The highest BCUT2D eigenvalue weighted by atomic mass is 32.2. The number of pyridine rings is 1.